The Morgan fingerprint density at radius 2 is 1.97 bits per heavy atom. The molecule has 3 heterocycles. The highest BCUT2D eigenvalue weighted by molar-refractivity contribution is 7.10. The van der Waals surface area contributed by atoms with Gasteiger partial charge in [0.1, 0.15) is 5.75 Å². The number of imide groups is 1. The first-order valence-corrected chi connectivity index (χ1v) is 12.5. The summed E-state index contributed by atoms with van der Waals surface area (Å²) in [7, 11) is 1.75. The highest BCUT2D eigenvalue weighted by Gasteiger charge is 2.53. The van der Waals surface area contributed by atoms with Crippen LogP contribution in [0.3, 0.4) is 0 Å². The first-order valence-electron chi connectivity index (χ1n) is 11.6. The standard InChI is InChI=1S/C27H29N3O4S/c1-20(23-12-7-16-35-23)29(2)24(31)17-27(21-9-4-3-5-10-21)18-25(32)30(26(27)33)14-8-15-34-22-11-6-13-28-19-22/h3-7,9-13,16,19-20H,8,14-15,17-18H2,1-2H3/t20-,27+/m0/s1. The molecule has 7 nitrogen and oxygen atoms in total. The van der Waals surface area contributed by atoms with Crippen molar-refractivity contribution in [1.82, 2.24) is 14.8 Å². The average molecular weight is 492 g/mol. The van der Waals surface area contributed by atoms with Gasteiger partial charge in [-0.1, -0.05) is 36.4 Å². The van der Waals surface area contributed by atoms with Crippen molar-refractivity contribution in [2.24, 2.45) is 0 Å². The van der Waals surface area contributed by atoms with Crippen LogP contribution in [0.5, 0.6) is 5.75 Å². The summed E-state index contributed by atoms with van der Waals surface area (Å²) in [6.45, 7) is 2.55. The van der Waals surface area contributed by atoms with E-state index in [2.05, 4.69) is 4.98 Å². The summed E-state index contributed by atoms with van der Waals surface area (Å²) in [6.07, 6.45) is 3.69. The van der Waals surface area contributed by atoms with E-state index in [9.17, 15) is 14.4 Å². The Morgan fingerprint density at radius 3 is 2.66 bits per heavy atom. The molecule has 0 N–H and O–H groups in total. The van der Waals surface area contributed by atoms with Crippen LogP contribution in [0, 0.1) is 0 Å². The Kier molecular flexibility index (Phi) is 7.60. The van der Waals surface area contributed by atoms with Crippen LogP contribution in [0.15, 0.2) is 72.4 Å². The molecule has 0 radical (unpaired) electrons. The SMILES string of the molecule is C[C@@H](c1cccs1)N(C)C(=O)C[C@]1(c2ccccc2)CC(=O)N(CCCOc2cccnc2)C1=O. The summed E-state index contributed by atoms with van der Waals surface area (Å²) in [5.41, 5.74) is -0.513. The van der Waals surface area contributed by atoms with Crippen molar-refractivity contribution in [1.29, 1.82) is 0 Å². The number of thiophene rings is 1. The van der Waals surface area contributed by atoms with Crippen LogP contribution in [-0.4, -0.2) is 52.7 Å². The van der Waals surface area contributed by atoms with Gasteiger partial charge in [0.15, 0.2) is 0 Å². The van der Waals surface area contributed by atoms with E-state index in [1.807, 2.05) is 54.8 Å². The van der Waals surface area contributed by atoms with E-state index in [1.165, 1.54) is 4.90 Å². The van der Waals surface area contributed by atoms with E-state index in [-0.39, 0.29) is 43.1 Å². The Labute approximate surface area is 209 Å². The molecule has 8 heteroatoms. The average Bonchev–Trinajstić information content (AvgIpc) is 3.50. The van der Waals surface area contributed by atoms with Crippen molar-refractivity contribution in [2.45, 2.75) is 37.6 Å². The molecule has 3 aromatic rings. The van der Waals surface area contributed by atoms with Gasteiger partial charge in [0.2, 0.25) is 17.7 Å². The van der Waals surface area contributed by atoms with Gasteiger partial charge in [-0.15, -0.1) is 11.3 Å². The van der Waals surface area contributed by atoms with Gasteiger partial charge >= 0.3 is 0 Å². The van der Waals surface area contributed by atoms with Crippen LogP contribution in [0.4, 0.5) is 0 Å². The van der Waals surface area contributed by atoms with E-state index in [0.29, 0.717) is 24.3 Å². The normalized spacial score (nSPS) is 18.5. The molecule has 1 aliphatic rings. The second-order valence-corrected chi connectivity index (χ2v) is 9.72. The fourth-order valence-corrected chi connectivity index (χ4v) is 5.24. The van der Waals surface area contributed by atoms with Crippen LogP contribution in [0.2, 0.25) is 0 Å². The van der Waals surface area contributed by atoms with Gasteiger partial charge in [-0.2, -0.15) is 0 Å². The van der Waals surface area contributed by atoms with Crippen LogP contribution >= 0.6 is 11.3 Å². The van der Waals surface area contributed by atoms with Crippen molar-refractivity contribution >= 4 is 29.1 Å². The summed E-state index contributed by atoms with van der Waals surface area (Å²) in [6, 6.07) is 16.6. The summed E-state index contributed by atoms with van der Waals surface area (Å²) in [4.78, 5) is 48.2. The molecule has 2 atom stereocenters. The lowest BCUT2D eigenvalue weighted by molar-refractivity contribution is -0.143. The number of amides is 3. The third-order valence-corrected chi connectivity index (χ3v) is 7.59. The molecule has 35 heavy (non-hydrogen) atoms. The number of likely N-dealkylation sites (tertiary alicyclic amines) is 1. The molecular formula is C27H29N3O4S. The Morgan fingerprint density at radius 1 is 1.17 bits per heavy atom. The van der Waals surface area contributed by atoms with E-state index in [4.69, 9.17) is 4.74 Å². The maximum atomic E-state index is 13.7. The van der Waals surface area contributed by atoms with E-state index in [1.54, 1.807) is 47.8 Å². The minimum atomic E-state index is -1.21. The molecule has 182 valence electrons. The summed E-state index contributed by atoms with van der Waals surface area (Å²) >= 11 is 1.59. The van der Waals surface area contributed by atoms with Gasteiger partial charge in [-0.05, 0) is 42.5 Å². The topological polar surface area (TPSA) is 79.8 Å². The number of rotatable bonds is 10. The molecule has 1 aliphatic heterocycles. The first-order chi connectivity index (χ1) is 16.9. The molecule has 4 rings (SSSR count). The minimum Gasteiger partial charge on any atom is -0.492 e. The smallest absolute Gasteiger partial charge is 0.240 e. The quantitative estimate of drug-likeness (QED) is 0.313. The van der Waals surface area contributed by atoms with Crippen molar-refractivity contribution in [3.8, 4) is 5.75 Å². The first kappa shape index (κ1) is 24.6. The molecule has 0 bridgehead atoms. The summed E-state index contributed by atoms with van der Waals surface area (Å²) in [5, 5.41) is 1.98. The molecule has 2 aromatic heterocycles. The third-order valence-electron chi connectivity index (χ3n) is 6.55. The predicted molar refractivity (Wildman–Crippen MR) is 134 cm³/mol. The fraction of sp³-hybridized carbons (Fsp3) is 0.333. The second-order valence-electron chi connectivity index (χ2n) is 8.74. The molecule has 1 fully saturated rings. The zero-order valence-corrected chi connectivity index (χ0v) is 20.7. The molecule has 3 amide bonds. The Hall–Kier alpha value is -3.52. The van der Waals surface area contributed by atoms with Gasteiger partial charge in [0, 0.05) is 37.5 Å². The number of hydrogen-bond acceptors (Lipinski definition) is 6. The van der Waals surface area contributed by atoms with Crippen molar-refractivity contribution < 1.29 is 19.1 Å². The van der Waals surface area contributed by atoms with E-state index < -0.39 is 5.41 Å². The lowest BCUT2D eigenvalue weighted by atomic mass is 9.75. The highest BCUT2D eigenvalue weighted by Crippen LogP contribution is 2.41. The van der Waals surface area contributed by atoms with Gasteiger partial charge < -0.3 is 9.64 Å². The predicted octanol–water partition coefficient (Wildman–Crippen LogP) is 4.22. The largest absolute Gasteiger partial charge is 0.492 e. The number of carbonyl (C=O) groups is 3. The van der Waals surface area contributed by atoms with Crippen molar-refractivity contribution in [3.05, 3.63) is 82.8 Å². The van der Waals surface area contributed by atoms with E-state index in [0.717, 1.165) is 4.88 Å². The third kappa shape index (κ3) is 5.27. The Balaban J connectivity index is 1.49. The van der Waals surface area contributed by atoms with Gasteiger partial charge in [0.05, 0.1) is 24.3 Å². The summed E-state index contributed by atoms with van der Waals surface area (Å²) in [5.74, 6) is -0.112. The lowest BCUT2D eigenvalue weighted by Gasteiger charge is -2.31. The van der Waals surface area contributed by atoms with Gasteiger partial charge in [-0.25, -0.2) is 0 Å². The number of carbonyl (C=O) groups excluding carboxylic acids is 3. The maximum absolute atomic E-state index is 13.7. The van der Waals surface area contributed by atoms with Crippen LogP contribution in [-0.2, 0) is 19.8 Å². The molecule has 0 spiro atoms. The number of hydrogen-bond donors (Lipinski definition) is 0. The number of nitrogens with zero attached hydrogens (tertiary/aromatic N) is 3. The minimum absolute atomic E-state index is 0.0216. The number of ether oxygens (including phenoxy) is 1. The molecule has 0 aliphatic carbocycles. The molecule has 1 saturated heterocycles. The van der Waals surface area contributed by atoms with Gasteiger partial charge in [-0.3, -0.25) is 24.3 Å². The zero-order valence-electron chi connectivity index (χ0n) is 19.9. The second kappa shape index (κ2) is 10.8. The highest BCUT2D eigenvalue weighted by atomic mass is 32.1. The fourth-order valence-electron chi connectivity index (χ4n) is 4.41. The molecular weight excluding hydrogens is 462 g/mol. The van der Waals surface area contributed by atoms with Crippen LogP contribution in [0.1, 0.15) is 42.7 Å². The monoisotopic (exact) mass is 491 g/mol. The number of aromatic nitrogens is 1. The van der Waals surface area contributed by atoms with Crippen LogP contribution in [0.25, 0.3) is 0 Å². The number of benzene rings is 1. The zero-order chi connectivity index (χ0) is 24.8. The maximum Gasteiger partial charge on any atom is 0.240 e. The summed E-state index contributed by atoms with van der Waals surface area (Å²) < 4.78 is 5.66. The van der Waals surface area contributed by atoms with Crippen molar-refractivity contribution in [3.63, 3.8) is 0 Å². The van der Waals surface area contributed by atoms with Gasteiger partial charge in [0.25, 0.3) is 0 Å². The molecule has 0 unspecified atom stereocenters. The van der Waals surface area contributed by atoms with Crippen LogP contribution < -0.4 is 4.74 Å². The number of pyridine rings is 1. The van der Waals surface area contributed by atoms with E-state index >= 15 is 0 Å². The molecule has 1 aromatic carbocycles. The van der Waals surface area contributed by atoms with Crippen molar-refractivity contribution in [2.75, 3.05) is 20.2 Å². The molecule has 0 saturated carbocycles. The Bertz CT molecular complexity index is 1150. The lowest BCUT2D eigenvalue weighted by Crippen LogP contribution is -2.43.